The number of methoxy groups -OCH3 is 1. The van der Waals surface area contributed by atoms with E-state index in [-0.39, 0.29) is 17.8 Å². The Balaban J connectivity index is 1.73. The van der Waals surface area contributed by atoms with Gasteiger partial charge in [-0.1, -0.05) is 43.1 Å². The molecular formula is C25H28Cl2N2O4. The summed E-state index contributed by atoms with van der Waals surface area (Å²) in [5.74, 6) is -0.446. The van der Waals surface area contributed by atoms with Gasteiger partial charge in [-0.05, 0) is 48.1 Å². The molecule has 1 saturated heterocycles. The number of hydrogen-bond donors (Lipinski definition) is 1. The fraction of sp³-hybridized carbons (Fsp3) is 0.440. The Labute approximate surface area is 203 Å². The third kappa shape index (κ3) is 4.09. The lowest BCUT2D eigenvalue weighted by atomic mass is 9.73. The van der Waals surface area contributed by atoms with E-state index in [0.717, 1.165) is 22.0 Å². The zero-order valence-corrected chi connectivity index (χ0v) is 20.8. The minimum Gasteiger partial charge on any atom is -0.466 e. The molecule has 0 bridgehead atoms. The second kappa shape index (κ2) is 9.16. The maximum Gasteiger partial charge on any atom is 0.334 e. The number of carbonyl (C=O) groups excluding carboxylic acids is 2. The lowest BCUT2D eigenvalue weighted by molar-refractivity contribution is -0.136. The van der Waals surface area contributed by atoms with E-state index in [9.17, 15) is 9.59 Å². The van der Waals surface area contributed by atoms with Gasteiger partial charge in [0.05, 0.1) is 29.3 Å². The topological polar surface area (TPSA) is 69.6 Å². The second-order valence-corrected chi connectivity index (χ2v) is 9.56. The highest BCUT2D eigenvalue weighted by atomic mass is 35.5. The molecule has 1 aliphatic carbocycles. The molecule has 2 atom stereocenters. The van der Waals surface area contributed by atoms with Crippen molar-refractivity contribution in [2.75, 3.05) is 20.3 Å². The smallest absolute Gasteiger partial charge is 0.334 e. The summed E-state index contributed by atoms with van der Waals surface area (Å²) in [7, 11) is 3.24. The van der Waals surface area contributed by atoms with Crippen LogP contribution in [0.1, 0.15) is 43.6 Å². The molecule has 1 aliphatic heterocycles. The van der Waals surface area contributed by atoms with Crippen molar-refractivity contribution < 1.29 is 19.1 Å². The van der Waals surface area contributed by atoms with Gasteiger partial charge in [0.1, 0.15) is 5.69 Å². The number of allylic oxidation sites excluding steroid dienone is 2. The maximum absolute atomic E-state index is 13.5. The molecular weight excluding hydrogens is 463 g/mol. The Morgan fingerprint density at radius 1 is 1.33 bits per heavy atom. The molecule has 2 aromatic rings. The zero-order valence-electron chi connectivity index (χ0n) is 19.3. The summed E-state index contributed by atoms with van der Waals surface area (Å²) in [4.78, 5) is 25.8. The minimum atomic E-state index is -0.642. The minimum absolute atomic E-state index is 0.0529. The van der Waals surface area contributed by atoms with Gasteiger partial charge < -0.3 is 19.4 Å². The van der Waals surface area contributed by atoms with Crippen molar-refractivity contribution in [2.45, 2.75) is 38.6 Å². The largest absolute Gasteiger partial charge is 0.466 e. The van der Waals surface area contributed by atoms with E-state index in [1.807, 2.05) is 24.6 Å². The van der Waals surface area contributed by atoms with Gasteiger partial charge in [-0.25, -0.2) is 4.79 Å². The van der Waals surface area contributed by atoms with Crippen LogP contribution in [0.15, 0.2) is 41.0 Å². The van der Waals surface area contributed by atoms with Crippen LogP contribution in [0.2, 0.25) is 10.0 Å². The molecule has 2 aliphatic rings. The number of ether oxygens (including phenoxy) is 2. The van der Waals surface area contributed by atoms with Gasteiger partial charge in [-0.15, -0.1) is 0 Å². The summed E-state index contributed by atoms with van der Waals surface area (Å²) >= 11 is 12.6. The van der Waals surface area contributed by atoms with E-state index in [1.165, 1.54) is 7.11 Å². The molecule has 0 radical (unpaired) electrons. The van der Waals surface area contributed by atoms with Gasteiger partial charge >= 0.3 is 5.97 Å². The molecule has 8 heteroatoms. The zero-order chi connectivity index (χ0) is 23.9. The summed E-state index contributed by atoms with van der Waals surface area (Å²) < 4.78 is 12.6. The summed E-state index contributed by atoms with van der Waals surface area (Å²) in [5.41, 5.74) is 3.41. The Morgan fingerprint density at radius 3 is 2.73 bits per heavy atom. The van der Waals surface area contributed by atoms with E-state index in [1.54, 1.807) is 12.1 Å². The van der Waals surface area contributed by atoms with Crippen molar-refractivity contribution in [1.29, 1.82) is 0 Å². The first kappa shape index (κ1) is 23.9. The van der Waals surface area contributed by atoms with Crippen LogP contribution < -0.4 is 5.32 Å². The quantitative estimate of drug-likeness (QED) is 0.583. The highest BCUT2D eigenvalue weighted by Gasteiger charge is 2.44. The van der Waals surface area contributed by atoms with Crippen LogP contribution in [0.4, 0.5) is 0 Å². The number of hydrogen-bond acceptors (Lipinski definition) is 4. The standard InChI is InChI=1S/C25H28Cl2N2O4/c1-5-15-11-18(14(2)10-16(15)24(31)32-4)25(8-9-33-13-25)28-23(30)21-12-17-20(29(21)3)7-6-19(26)22(17)27/h6-7,11-12,14H,5,8-10,13H2,1-4H3,(H,28,30). The number of rotatable bonds is 5. The van der Waals surface area contributed by atoms with Gasteiger partial charge in [0.2, 0.25) is 0 Å². The Hall–Kier alpha value is -2.28. The van der Waals surface area contributed by atoms with Crippen molar-refractivity contribution in [2.24, 2.45) is 13.0 Å². The van der Waals surface area contributed by atoms with Crippen LogP contribution in [-0.4, -0.2) is 42.3 Å². The number of nitrogens with zero attached hydrogens (tertiary/aromatic N) is 1. The van der Waals surface area contributed by atoms with Gasteiger partial charge in [0.15, 0.2) is 0 Å². The molecule has 1 N–H and O–H groups in total. The molecule has 33 heavy (non-hydrogen) atoms. The SMILES string of the molecule is CCC1=C(C(=O)OC)CC(C)C(C2(NC(=O)c3cc4c(Cl)c(Cl)ccc4n3C)CCOC2)=C1. The summed E-state index contributed by atoms with van der Waals surface area (Å²) in [5, 5.41) is 4.89. The van der Waals surface area contributed by atoms with E-state index >= 15 is 0 Å². The number of halogens is 2. The van der Waals surface area contributed by atoms with E-state index in [0.29, 0.717) is 53.8 Å². The van der Waals surface area contributed by atoms with Crippen LogP contribution in [0.25, 0.3) is 10.9 Å². The number of aromatic nitrogens is 1. The fourth-order valence-corrected chi connectivity index (χ4v) is 5.42. The third-order valence-corrected chi connectivity index (χ3v) is 7.66. The molecule has 1 amide bonds. The monoisotopic (exact) mass is 490 g/mol. The number of amides is 1. The summed E-state index contributed by atoms with van der Waals surface area (Å²) in [6.45, 7) is 5.03. The van der Waals surface area contributed by atoms with E-state index in [2.05, 4.69) is 18.3 Å². The van der Waals surface area contributed by atoms with Gasteiger partial charge in [-0.3, -0.25) is 4.79 Å². The van der Waals surface area contributed by atoms with Crippen LogP contribution in [0.5, 0.6) is 0 Å². The average Bonchev–Trinajstić information content (AvgIpc) is 3.41. The highest BCUT2D eigenvalue weighted by molar-refractivity contribution is 6.45. The fourth-order valence-electron chi connectivity index (χ4n) is 5.04. The molecule has 6 nitrogen and oxygen atoms in total. The number of benzene rings is 1. The Kier molecular flexibility index (Phi) is 6.63. The average molecular weight is 491 g/mol. The van der Waals surface area contributed by atoms with Crippen molar-refractivity contribution in [3.05, 3.63) is 56.7 Å². The first-order valence-electron chi connectivity index (χ1n) is 11.1. The first-order valence-corrected chi connectivity index (χ1v) is 11.8. The van der Waals surface area contributed by atoms with E-state index in [4.69, 9.17) is 32.7 Å². The van der Waals surface area contributed by atoms with Crippen LogP contribution in [0, 0.1) is 5.92 Å². The third-order valence-electron chi connectivity index (χ3n) is 6.84. The molecule has 176 valence electrons. The second-order valence-electron chi connectivity index (χ2n) is 8.78. The number of esters is 1. The number of fused-ring (bicyclic) bond motifs is 1. The van der Waals surface area contributed by atoms with Crippen molar-refractivity contribution in [1.82, 2.24) is 9.88 Å². The Bertz CT molecular complexity index is 1190. The molecule has 2 unspecified atom stereocenters. The molecule has 0 spiro atoms. The Morgan fingerprint density at radius 2 is 2.09 bits per heavy atom. The number of carbonyl (C=O) groups is 2. The maximum atomic E-state index is 13.5. The van der Waals surface area contributed by atoms with E-state index < -0.39 is 5.54 Å². The number of nitrogens with one attached hydrogen (secondary N) is 1. The molecule has 1 aromatic heterocycles. The first-order chi connectivity index (χ1) is 15.7. The summed E-state index contributed by atoms with van der Waals surface area (Å²) in [6, 6.07) is 5.35. The number of aryl methyl sites for hydroxylation is 1. The molecule has 0 saturated carbocycles. The van der Waals surface area contributed by atoms with Crippen LogP contribution in [0.3, 0.4) is 0 Å². The molecule has 1 fully saturated rings. The lowest BCUT2D eigenvalue weighted by Gasteiger charge is -2.38. The normalized spacial score (nSPS) is 23.1. The van der Waals surface area contributed by atoms with Gasteiger partial charge in [0, 0.05) is 36.6 Å². The lowest BCUT2D eigenvalue weighted by Crippen LogP contribution is -2.52. The molecule has 1 aromatic carbocycles. The summed E-state index contributed by atoms with van der Waals surface area (Å²) in [6.07, 6.45) is 4.00. The van der Waals surface area contributed by atoms with Crippen LogP contribution in [-0.2, 0) is 21.3 Å². The van der Waals surface area contributed by atoms with Crippen molar-refractivity contribution in [3.8, 4) is 0 Å². The van der Waals surface area contributed by atoms with Crippen molar-refractivity contribution >= 4 is 46.0 Å². The van der Waals surface area contributed by atoms with Crippen LogP contribution >= 0.6 is 23.2 Å². The van der Waals surface area contributed by atoms with Gasteiger partial charge in [-0.2, -0.15) is 0 Å². The van der Waals surface area contributed by atoms with Crippen molar-refractivity contribution in [3.63, 3.8) is 0 Å². The molecule has 4 rings (SSSR count). The highest BCUT2D eigenvalue weighted by Crippen LogP contribution is 2.41. The predicted molar refractivity (Wildman–Crippen MR) is 130 cm³/mol. The molecule has 2 heterocycles. The van der Waals surface area contributed by atoms with Gasteiger partial charge in [0.25, 0.3) is 5.91 Å². The predicted octanol–water partition coefficient (Wildman–Crippen LogP) is 5.22.